The molecule has 4 bridgehead atoms. The Morgan fingerprint density at radius 3 is 2.25 bits per heavy atom. The molecule has 4 aliphatic carbocycles. The van der Waals surface area contributed by atoms with E-state index in [2.05, 4.69) is 41.1 Å². The number of hydrogen-bond donors (Lipinski definition) is 2. The molecule has 4 heterocycles. The van der Waals surface area contributed by atoms with E-state index in [1.54, 1.807) is 23.4 Å². The number of nitrogens with zero attached hydrogens (tertiary/aromatic N) is 7. The minimum absolute atomic E-state index is 0.146. The van der Waals surface area contributed by atoms with E-state index in [0.717, 1.165) is 68.1 Å². The molecule has 5 fully saturated rings. The lowest BCUT2D eigenvalue weighted by atomic mass is 9.48. The maximum atomic E-state index is 14.5. The Balaban J connectivity index is 0.990. The maximum Gasteiger partial charge on any atom is 0.434 e. The van der Waals surface area contributed by atoms with E-state index >= 15 is 0 Å². The summed E-state index contributed by atoms with van der Waals surface area (Å²) in [6.45, 7) is 4.47. The van der Waals surface area contributed by atoms with Gasteiger partial charge in [0.1, 0.15) is 5.54 Å². The summed E-state index contributed by atoms with van der Waals surface area (Å²) in [6.07, 6.45) is 3.76. The van der Waals surface area contributed by atoms with Crippen LogP contribution in [0.2, 0.25) is 0 Å². The van der Waals surface area contributed by atoms with Gasteiger partial charge in [0.15, 0.2) is 5.69 Å². The number of carbonyl (C=O) groups excluding carboxylic acids is 1. The summed E-state index contributed by atoms with van der Waals surface area (Å²) < 4.78 is 43.4. The highest BCUT2D eigenvalue weighted by atomic mass is 19.4. The third-order valence-electron chi connectivity index (χ3n) is 11.3. The lowest BCUT2D eigenvalue weighted by molar-refractivity contribution is -0.163. The second-order valence-corrected chi connectivity index (χ2v) is 14.0. The number of alkyl halides is 3. The number of carbonyl (C=O) groups is 2. The number of aromatic nitrogens is 4. The van der Waals surface area contributed by atoms with E-state index in [9.17, 15) is 27.9 Å². The lowest BCUT2D eigenvalue weighted by Gasteiger charge is -2.59. The summed E-state index contributed by atoms with van der Waals surface area (Å²) in [7, 11) is 0. The summed E-state index contributed by atoms with van der Waals surface area (Å²) in [5, 5.41) is 13.0. The molecular formula is C34H37F3N8O3. The summed E-state index contributed by atoms with van der Waals surface area (Å²) in [4.78, 5) is 49.3. The van der Waals surface area contributed by atoms with Crippen LogP contribution in [0.15, 0.2) is 42.9 Å². The Kier molecular flexibility index (Phi) is 7.53. The molecule has 0 radical (unpaired) electrons. The number of fused-ring (bicyclic) bond motifs is 1. The van der Waals surface area contributed by atoms with Gasteiger partial charge in [-0.3, -0.25) is 9.69 Å². The Morgan fingerprint density at radius 2 is 1.60 bits per heavy atom. The molecule has 1 aromatic carbocycles. The predicted octanol–water partition coefficient (Wildman–Crippen LogP) is 4.31. The Morgan fingerprint density at radius 1 is 0.917 bits per heavy atom. The van der Waals surface area contributed by atoms with E-state index in [-0.39, 0.29) is 17.8 Å². The Hall–Kier alpha value is -4.33. The van der Waals surface area contributed by atoms with Crippen molar-refractivity contribution in [3.8, 4) is 0 Å². The van der Waals surface area contributed by atoms with Crippen molar-refractivity contribution < 1.29 is 27.9 Å². The second kappa shape index (κ2) is 11.7. The molecule has 2 aliphatic heterocycles. The number of halogens is 3. The van der Waals surface area contributed by atoms with E-state index in [1.807, 2.05) is 12.1 Å². The number of amides is 1. The van der Waals surface area contributed by atoms with Crippen molar-refractivity contribution >= 4 is 29.5 Å². The normalized spacial score (nSPS) is 28.1. The van der Waals surface area contributed by atoms with Crippen molar-refractivity contribution in [3.05, 3.63) is 65.2 Å². The fraction of sp³-hybridized carbons (Fsp3) is 0.529. The van der Waals surface area contributed by atoms with Crippen molar-refractivity contribution in [2.45, 2.75) is 56.8 Å². The lowest BCUT2D eigenvalue weighted by Crippen LogP contribution is -2.70. The van der Waals surface area contributed by atoms with Crippen LogP contribution >= 0.6 is 0 Å². The number of nitrogens with one attached hydrogen (secondary N) is 1. The van der Waals surface area contributed by atoms with Crippen LogP contribution in [-0.4, -0.2) is 80.1 Å². The van der Waals surface area contributed by atoms with Gasteiger partial charge in [-0.05, 0) is 85.5 Å². The molecule has 0 unspecified atom stereocenters. The molecule has 4 saturated carbocycles. The van der Waals surface area contributed by atoms with Gasteiger partial charge in [0.2, 0.25) is 11.9 Å². The smallest absolute Gasteiger partial charge is 0.434 e. The van der Waals surface area contributed by atoms with E-state index < -0.39 is 34.8 Å². The van der Waals surface area contributed by atoms with Gasteiger partial charge in [0.05, 0.1) is 5.56 Å². The van der Waals surface area contributed by atoms with Crippen LogP contribution < -0.4 is 15.1 Å². The molecule has 6 aliphatic rings. The van der Waals surface area contributed by atoms with Crippen molar-refractivity contribution in [3.63, 3.8) is 0 Å². The van der Waals surface area contributed by atoms with Crippen LogP contribution in [0.1, 0.15) is 59.3 Å². The number of hydrogen-bond acceptors (Lipinski definition) is 9. The third-order valence-corrected chi connectivity index (χ3v) is 11.3. The van der Waals surface area contributed by atoms with Crippen LogP contribution in [0.5, 0.6) is 0 Å². The third kappa shape index (κ3) is 5.33. The molecule has 14 heteroatoms. The molecule has 3 aromatic rings. The average Bonchev–Trinajstić information content (AvgIpc) is 3.49. The standard InChI is InChI=1S/C34H37F3N8O3/c35-34(36,37)28-26(29(46)42-33(30(47)48)24-14-21-12-22(16-24)17-25(33)15-21)18-40-32(41-28)45-7-4-23-13-20(2-3-27(23)45)19-43-8-10-44(11-9-43)31-38-5-1-6-39-31/h1-3,5-6,13,18,21-22,24-25H,4,7-12,14-17,19H2,(H,42,46)(H,47,48). The first-order chi connectivity index (χ1) is 23.1. The molecule has 0 spiro atoms. The van der Waals surface area contributed by atoms with Crippen LogP contribution in [-0.2, 0) is 23.9 Å². The van der Waals surface area contributed by atoms with Crippen LogP contribution in [0.25, 0.3) is 0 Å². The number of piperazine rings is 1. The van der Waals surface area contributed by atoms with Gasteiger partial charge in [-0.1, -0.05) is 12.1 Å². The Bertz CT molecular complexity index is 1700. The summed E-state index contributed by atoms with van der Waals surface area (Å²) in [5.74, 6) is -1.46. The highest BCUT2D eigenvalue weighted by Crippen LogP contribution is 2.58. The molecule has 9 rings (SSSR count). The molecule has 1 amide bonds. The van der Waals surface area contributed by atoms with Crippen molar-refractivity contribution in [2.24, 2.45) is 23.7 Å². The van der Waals surface area contributed by atoms with Gasteiger partial charge in [0, 0.05) is 63.5 Å². The zero-order chi connectivity index (χ0) is 33.2. The number of carboxylic acids is 1. The SMILES string of the molecule is O=C(NC1(C(=O)O)C2CC3CC(C2)CC1C3)c1cnc(N2CCc3cc(CN4CCN(c5ncccn5)CC4)ccc32)nc1C(F)(F)F. The van der Waals surface area contributed by atoms with E-state index in [0.29, 0.717) is 50.5 Å². The van der Waals surface area contributed by atoms with Crippen molar-refractivity contribution in [2.75, 3.05) is 42.5 Å². The van der Waals surface area contributed by atoms with Crippen molar-refractivity contribution in [1.82, 2.24) is 30.2 Å². The topological polar surface area (TPSA) is 128 Å². The molecule has 252 valence electrons. The molecule has 48 heavy (non-hydrogen) atoms. The van der Waals surface area contributed by atoms with Gasteiger partial charge in [-0.25, -0.2) is 24.7 Å². The fourth-order valence-electron chi connectivity index (χ4n) is 9.25. The van der Waals surface area contributed by atoms with Crippen molar-refractivity contribution in [1.29, 1.82) is 0 Å². The zero-order valence-electron chi connectivity index (χ0n) is 26.4. The minimum atomic E-state index is -4.95. The first-order valence-corrected chi connectivity index (χ1v) is 16.7. The first-order valence-electron chi connectivity index (χ1n) is 16.7. The maximum absolute atomic E-state index is 14.5. The number of anilines is 3. The number of benzene rings is 1. The van der Waals surface area contributed by atoms with E-state index in [4.69, 9.17) is 0 Å². The second-order valence-electron chi connectivity index (χ2n) is 14.0. The molecule has 0 atom stereocenters. The molecule has 2 N–H and O–H groups in total. The van der Waals surface area contributed by atoms with Gasteiger partial charge < -0.3 is 20.2 Å². The first kappa shape index (κ1) is 31.0. The van der Waals surface area contributed by atoms with Crippen LogP contribution in [0.3, 0.4) is 0 Å². The van der Waals surface area contributed by atoms with E-state index in [1.165, 1.54) is 0 Å². The molecular weight excluding hydrogens is 625 g/mol. The fourth-order valence-corrected chi connectivity index (χ4v) is 9.25. The van der Waals surface area contributed by atoms with Crippen LogP contribution in [0.4, 0.5) is 30.8 Å². The minimum Gasteiger partial charge on any atom is -0.479 e. The summed E-state index contributed by atoms with van der Waals surface area (Å²) in [5.41, 5.74) is -0.863. The number of aliphatic carboxylic acids is 1. The molecule has 2 aromatic heterocycles. The van der Waals surface area contributed by atoms with Gasteiger partial charge in [-0.15, -0.1) is 0 Å². The summed E-state index contributed by atoms with van der Waals surface area (Å²) >= 11 is 0. The zero-order valence-corrected chi connectivity index (χ0v) is 26.4. The molecule has 11 nitrogen and oxygen atoms in total. The summed E-state index contributed by atoms with van der Waals surface area (Å²) in [6, 6.07) is 7.76. The molecule has 1 saturated heterocycles. The number of rotatable bonds is 7. The van der Waals surface area contributed by atoms with Gasteiger partial charge in [-0.2, -0.15) is 13.2 Å². The Labute approximate surface area is 275 Å². The number of carboxylic acid groups (broad SMARTS) is 1. The van der Waals surface area contributed by atoms with Gasteiger partial charge >= 0.3 is 12.1 Å². The highest BCUT2D eigenvalue weighted by Gasteiger charge is 2.62. The monoisotopic (exact) mass is 662 g/mol. The average molecular weight is 663 g/mol. The predicted molar refractivity (Wildman–Crippen MR) is 169 cm³/mol. The quantitative estimate of drug-likeness (QED) is 0.378. The highest BCUT2D eigenvalue weighted by molar-refractivity contribution is 5.99. The largest absolute Gasteiger partial charge is 0.479 e. The van der Waals surface area contributed by atoms with Gasteiger partial charge in [0.25, 0.3) is 5.91 Å². The van der Waals surface area contributed by atoms with Crippen LogP contribution in [0, 0.1) is 23.7 Å².